The minimum atomic E-state index is -0.0357. The van der Waals surface area contributed by atoms with E-state index in [9.17, 15) is 9.90 Å². The van der Waals surface area contributed by atoms with Crippen molar-refractivity contribution in [2.45, 2.75) is 0 Å². The van der Waals surface area contributed by atoms with Crippen LogP contribution in [0.1, 0.15) is 0 Å². The highest BCUT2D eigenvalue weighted by Gasteiger charge is 2.22. The fourth-order valence-corrected chi connectivity index (χ4v) is 3.23. The summed E-state index contributed by atoms with van der Waals surface area (Å²) in [5.74, 6) is 0.235. The van der Waals surface area contributed by atoms with Gasteiger partial charge in [-0.25, -0.2) is 0 Å². The Morgan fingerprint density at radius 3 is 2.40 bits per heavy atom. The first kappa shape index (κ1) is 17.9. The summed E-state index contributed by atoms with van der Waals surface area (Å²) in [6.07, 6.45) is 0. The summed E-state index contributed by atoms with van der Waals surface area (Å²) in [6.45, 7) is 3.94. The predicted molar refractivity (Wildman–Crippen MR) is 101 cm³/mol. The van der Waals surface area contributed by atoms with Gasteiger partial charge in [-0.2, -0.15) is 0 Å². The lowest BCUT2D eigenvalue weighted by Crippen LogP contribution is -3.15. The number of phenols is 1. The molecule has 5 nitrogen and oxygen atoms in total. The van der Waals surface area contributed by atoms with Gasteiger partial charge < -0.3 is 20.2 Å². The minimum absolute atomic E-state index is 0.0357. The highest BCUT2D eigenvalue weighted by Crippen LogP contribution is 2.24. The Balaban J connectivity index is 1.49. The summed E-state index contributed by atoms with van der Waals surface area (Å²) in [6, 6.07) is 12.3. The second-order valence-corrected chi connectivity index (χ2v) is 6.92. The number of hydrogen-bond donors (Lipinski definition) is 3. The van der Waals surface area contributed by atoms with Crippen LogP contribution in [0.25, 0.3) is 0 Å². The lowest BCUT2D eigenvalue weighted by atomic mass is 10.2. The Bertz CT molecular complexity index is 744. The molecule has 1 amide bonds. The zero-order valence-corrected chi connectivity index (χ0v) is 15.1. The molecule has 1 aliphatic rings. The molecule has 3 N–H and O–H groups in total. The molecule has 1 aliphatic heterocycles. The predicted octanol–water partition coefficient (Wildman–Crippen LogP) is 2.04. The zero-order chi connectivity index (χ0) is 17.8. The first-order valence-corrected chi connectivity index (χ1v) is 8.89. The number of anilines is 2. The molecule has 0 aromatic heterocycles. The van der Waals surface area contributed by atoms with E-state index in [4.69, 9.17) is 23.2 Å². The van der Waals surface area contributed by atoms with Crippen LogP contribution in [-0.4, -0.2) is 43.7 Å². The van der Waals surface area contributed by atoms with Gasteiger partial charge in [0, 0.05) is 11.4 Å². The highest BCUT2D eigenvalue weighted by molar-refractivity contribution is 6.42. The fourth-order valence-electron chi connectivity index (χ4n) is 2.93. The van der Waals surface area contributed by atoms with Crippen molar-refractivity contribution in [2.75, 3.05) is 42.9 Å². The average molecular weight is 381 g/mol. The number of amides is 1. The number of halogens is 2. The number of aromatic hydroxyl groups is 1. The van der Waals surface area contributed by atoms with E-state index >= 15 is 0 Å². The Hall–Kier alpha value is -1.95. The number of nitrogens with zero attached hydrogens (tertiary/aromatic N) is 1. The number of benzene rings is 2. The third-order valence-corrected chi connectivity index (χ3v) is 5.04. The Morgan fingerprint density at radius 2 is 1.76 bits per heavy atom. The number of piperazine rings is 1. The van der Waals surface area contributed by atoms with Crippen LogP contribution in [0.3, 0.4) is 0 Å². The van der Waals surface area contributed by atoms with Gasteiger partial charge in [-0.3, -0.25) is 4.79 Å². The molecule has 0 spiro atoms. The summed E-state index contributed by atoms with van der Waals surface area (Å²) < 4.78 is 0. The van der Waals surface area contributed by atoms with E-state index in [0.29, 0.717) is 22.3 Å². The van der Waals surface area contributed by atoms with E-state index in [2.05, 4.69) is 10.2 Å². The van der Waals surface area contributed by atoms with Crippen molar-refractivity contribution < 1.29 is 14.8 Å². The molecule has 0 saturated carbocycles. The Morgan fingerprint density at radius 1 is 1.08 bits per heavy atom. The third-order valence-electron chi connectivity index (χ3n) is 4.30. The van der Waals surface area contributed by atoms with Gasteiger partial charge in [0.15, 0.2) is 6.54 Å². The largest absolute Gasteiger partial charge is 0.508 e. The van der Waals surface area contributed by atoms with Crippen molar-refractivity contribution in [1.82, 2.24) is 0 Å². The first-order chi connectivity index (χ1) is 12.0. The number of phenolic OH excluding ortho intramolecular Hbond substituents is 1. The van der Waals surface area contributed by atoms with E-state index in [1.807, 2.05) is 12.1 Å². The molecule has 25 heavy (non-hydrogen) atoms. The molecule has 1 heterocycles. The van der Waals surface area contributed by atoms with Crippen LogP contribution in [0.5, 0.6) is 5.75 Å². The molecule has 1 saturated heterocycles. The Kier molecular flexibility index (Phi) is 5.68. The van der Waals surface area contributed by atoms with E-state index in [1.54, 1.807) is 30.3 Å². The van der Waals surface area contributed by atoms with Crippen LogP contribution >= 0.6 is 23.2 Å². The summed E-state index contributed by atoms with van der Waals surface area (Å²) in [5, 5.41) is 13.1. The molecule has 0 atom stereocenters. The topological polar surface area (TPSA) is 57.0 Å². The quantitative estimate of drug-likeness (QED) is 0.760. The van der Waals surface area contributed by atoms with E-state index in [0.717, 1.165) is 31.9 Å². The zero-order valence-electron chi connectivity index (χ0n) is 13.6. The van der Waals surface area contributed by atoms with Crippen LogP contribution in [0.2, 0.25) is 10.0 Å². The number of rotatable bonds is 4. The molecule has 1 fully saturated rings. The maximum Gasteiger partial charge on any atom is 0.279 e. The van der Waals surface area contributed by atoms with Gasteiger partial charge in [0.25, 0.3) is 5.91 Å². The van der Waals surface area contributed by atoms with Crippen LogP contribution < -0.4 is 15.1 Å². The second-order valence-electron chi connectivity index (χ2n) is 6.11. The summed E-state index contributed by atoms with van der Waals surface area (Å²) in [4.78, 5) is 15.7. The molecule has 0 aliphatic carbocycles. The normalized spacial score (nSPS) is 15.2. The van der Waals surface area contributed by atoms with Gasteiger partial charge in [0.2, 0.25) is 0 Å². The van der Waals surface area contributed by atoms with Gasteiger partial charge in [-0.15, -0.1) is 0 Å². The Labute approximate surface area is 156 Å². The van der Waals surface area contributed by atoms with Gasteiger partial charge in [-0.1, -0.05) is 23.2 Å². The maximum absolute atomic E-state index is 12.2. The SMILES string of the molecule is O=C(C[NH+]1CCN(c2ccc(O)cc2)CC1)Nc1ccc(Cl)c(Cl)c1. The lowest BCUT2D eigenvalue weighted by Gasteiger charge is -2.33. The van der Waals surface area contributed by atoms with E-state index in [1.165, 1.54) is 4.90 Å². The van der Waals surface area contributed by atoms with Crippen molar-refractivity contribution in [2.24, 2.45) is 0 Å². The monoisotopic (exact) mass is 380 g/mol. The number of carbonyl (C=O) groups is 1. The molecule has 7 heteroatoms. The molecule has 0 unspecified atom stereocenters. The van der Waals surface area contributed by atoms with Crippen molar-refractivity contribution in [3.63, 3.8) is 0 Å². The summed E-state index contributed by atoms with van der Waals surface area (Å²) >= 11 is 11.8. The molecular formula is C18H20Cl2N3O2+. The van der Waals surface area contributed by atoms with Gasteiger partial charge >= 0.3 is 0 Å². The smallest absolute Gasteiger partial charge is 0.279 e. The van der Waals surface area contributed by atoms with Crippen molar-refractivity contribution in [3.05, 3.63) is 52.5 Å². The lowest BCUT2D eigenvalue weighted by molar-refractivity contribution is -0.892. The molecule has 2 aromatic carbocycles. The van der Waals surface area contributed by atoms with Crippen molar-refractivity contribution in [3.8, 4) is 5.75 Å². The fraction of sp³-hybridized carbons (Fsp3) is 0.278. The number of carbonyl (C=O) groups excluding carboxylic acids is 1. The molecule has 132 valence electrons. The third kappa shape index (κ3) is 4.78. The minimum Gasteiger partial charge on any atom is -0.508 e. The molecule has 3 rings (SSSR count). The van der Waals surface area contributed by atoms with E-state index in [-0.39, 0.29) is 11.7 Å². The van der Waals surface area contributed by atoms with Gasteiger partial charge in [-0.05, 0) is 42.5 Å². The van der Waals surface area contributed by atoms with Crippen LogP contribution in [0.4, 0.5) is 11.4 Å². The molecule has 2 aromatic rings. The van der Waals surface area contributed by atoms with Crippen LogP contribution in [0.15, 0.2) is 42.5 Å². The van der Waals surface area contributed by atoms with E-state index < -0.39 is 0 Å². The average Bonchev–Trinajstić information content (AvgIpc) is 2.60. The van der Waals surface area contributed by atoms with Crippen molar-refractivity contribution in [1.29, 1.82) is 0 Å². The number of hydrogen-bond acceptors (Lipinski definition) is 3. The molecule has 0 bridgehead atoms. The summed E-state index contributed by atoms with van der Waals surface area (Å²) in [5.41, 5.74) is 1.75. The van der Waals surface area contributed by atoms with Gasteiger partial charge in [0.05, 0.1) is 36.2 Å². The number of quaternary nitrogens is 1. The first-order valence-electron chi connectivity index (χ1n) is 8.14. The van der Waals surface area contributed by atoms with Crippen LogP contribution in [0, 0.1) is 0 Å². The summed E-state index contributed by atoms with van der Waals surface area (Å²) in [7, 11) is 0. The number of nitrogens with one attached hydrogen (secondary N) is 2. The highest BCUT2D eigenvalue weighted by atomic mass is 35.5. The molecular weight excluding hydrogens is 361 g/mol. The van der Waals surface area contributed by atoms with Crippen LogP contribution in [-0.2, 0) is 4.79 Å². The maximum atomic E-state index is 12.2. The van der Waals surface area contributed by atoms with Gasteiger partial charge in [0.1, 0.15) is 5.75 Å². The van der Waals surface area contributed by atoms with Crippen molar-refractivity contribution >= 4 is 40.5 Å². The second kappa shape index (κ2) is 7.95. The standard InChI is InChI=1S/C18H19Cl2N3O2/c19-16-6-1-13(11-17(16)20)21-18(25)12-22-7-9-23(10-8-22)14-2-4-15(24)5-3-14/h1-6,11,24H,7-10,12H2,(H,21,25)/p+1. The molecule has 0 radical (unpaired) electrons.